The summed E-state index contributed by atoms with van der Waals surface area (Å²) in [5, 5.41) is 15.9. The maximum Gasteiger partial charge on any atom is 0.318 e. The van der Waals surface area contributed by atoms with Crippen molar-refractivity contribution >= 4 is 33.3 Å². The third kappa shape index (κ3) is 4.79. The van der Waals surface area contributed by atoms with E-state index < -0.39 is 32.6 Å². The number of hydrogen-bond donors (Lipinski definition) is 3. The number of sulfonamides is 1. The molecule has 0 aliphatic heterocycles. The minimum Gasteiger partial charge on any atom is -0.341 e. The third-order valence-corrected chi connectivity index (χ3v) is 4.82. The lowest BCUT2D eigenvalue weighted by molar-refractivity contribution is -0.385. The Bertz CT molecular complexity index is 1000. The number of hydrogen-bond acceptors (Lipinski definition) is 6. The molecular formula is C16H16N4O6S. The highest BCUT2D eigenvalue weighted by Gasteiger charge is 2.25. The van der Waals surface area contributed by atoms with E-state index in [1.807, 2.05) is 4.72 Å². The van der Waals surface area contributed by atoms with Crippen LogP contribution in [-0.4, -0.2) is 32.3 Å². The van der Waals surface area contributed by atoms with Gasteiger partial charge in [0.05, 0.1) is 9.82 Å². The average Bonchev–Trinajstić information content (AvgIpc) is 2.61. The van der Waals surface area contributed by atoms with Crippen molar-refractivity contribution < 1.29 is 22.9 Å². The molecular weight excluding hydrogens is 376 g/mol. The molecule has 0 heterocycles. The molecule has 3 amide bonds. The van der Waals surface area contributed by atoms with Gasteiger partial charge in [0.15, 0.2) is 0 Å². The smallest absolute Gasteiger partial charge is 0.318 e. The molecule has 0 atom stereocenters. The molecule has 27 heavy (non-hydrogen) atoms. The van der Waals surface area contributed by atoms with E-state index in [4.69, 9.17) is 0 Å². The summed E-state index contributed by atoms with van der Waals surface area (Å²) in [6.45, 7) is 1.62. The number of carbonyl (C=O) groups is 2. The van der Waals surface area contributed by atoms with Gasteiger partial charge < -0.3 is 10.6 Å². The lowest BCUT2D eigenvalue weighted by atomic mass is 10.1. The van der Waals surface area contributed by atoms with Gasteiger partial charge in [-0.2, -0.15) is 0 Å². The minimum atomic E-state index is -4.26. The Morgan fingerprint density at radius 1 is 1.07 bits per heavy atom. The van der Waals surface area contributed by atoms with E-state index in [0.717, 1.165) is 6.07 Å². The fourth-order valence-corrected chi connectivity index (χ4v) is 3.10. The zero-order valence-electron chi connectivity index (χ0n) is 14.3. The summed E-state index contributed by atoms with van der Waals surface area (Å²) in [5.74, 6) is -1.11. The number of benzene rings is 2. The molecule has 0 saturated heterocycles. The van der Waals surface area contributed by atoms with Crippen LogP contribution >= 0.6 is 0 Å². The highest BCUT2D eigenvalue weighted by Crippen LogP contribution is 2.21. The van der Waals surface area contributed by atoms with E-state index in [-0.39, 0.29) is 10.5 Å². The Morgan fingerprint density at radius 3 is 2.26 bits per heavy atom. The Hall–Kier alpha value is -3.47. The molecule has 3 N–H and O–H groups in total. The zero-order chi connectivity index (χ0) is 20.2. The van der Waals surface area contributed by atoms with Crippen molar-refractivity contribution in [3.05, 3.63) is 63.7 Å². The fourth-order valence-electron chi connectivity index (χ4n) is 2.14. The van der Waals surface area contributed by atoms with Crippen molar-refractivity contribution in [2.75, 3.05) is 12.4 Å². The molecule has 0 radical (unpaired) electrons. The first-order valence-electron chi connectivity index (χ1n) is 7.55. The summed E-state index contributed by atoms with van der Waals surface area (Å²) in [6.07, 6.45) is 0. The van der Waals surface area contributed by atoms with Gasteiger partial charge in [-0.05, 0) is 42.8 Å². The van der Waals surface area contributed by atoms with Crippen LogP contribution < -0.4 is 15.4 Å². The van der Waals surface area contributed by atoms with E-state index in [1.54, 1.807) is 6.92 Å². The monoisotopic (exact) mass is 392 g/mol. The SMILES string of the molecule is CNC(=O)Nc1ccc(S(=O)(=O)NC(=O)c2cc(C)ccc2[N+](=O)[O-])cc1. The molecule has 0 aliphatic carbocycles. The molecule has 0 saturated carbocycles. The Kier molecular flexibility index (Phi) is 5.75. The molecule has 0 bridgehead atoms. The van der Waals surface area contributed by atoms with Crippen molar-refractivity contribution in [2.24, 2.45) is 0 Å². The van der Waals surface area contributed by atoms with Crippen molar-refractivity contribution in [1.29, 1.82) is 0 Å². The van der Waals surface area contributed by atoms with Crippen LogP contribution in [0.1, 0.15) is 15.9 Å². The first kappa shape index (κ1) is 19.8. The molecule has 0 aromatic heterocycles. The molecule has 11 heteroatoms. The van der Waals surface area contributed by atoms with Crippen LogP contribution in [0.5, 0.6) is 0 Å². The molecule has 142 valence electrons. The highest BCUT2D eigenvalue weighted by atomic mass is 32.2. The zero-order valence-corrected chi connectivity index (χ0v) is 15.2. The van der Waals surface area contributed by atoms with Gasteiger partial charge in [-0.3, -0.25) is 14.9 Å². The first-order chi connectivity index (χ1) is 12.6. The number of carbonyl (C=O) groups excluding carboxylic acids is 2. The number of anilines is 1. The van der Waals surface area contributed by atoms with Crippen LogP contribution in [0.15, 0.2) is 47.4 Å². The van der Waals surface area contributed by atoms with Crippen LogP contribution in [0.4, 0.5) is 16.2 Å². The molecule has 2 rings (SSSR count). The number of nitrogens with one attached hydrogen (secondary N) is 3. The van der Waals surface area contributed by atoms with Crippen LogP contribution in [0.2, 0.25) is 0 Å². The standard InChI is InChI=1S/C16H16N4O6S/c1-10-3-8-14(20(23)24)13(9-10)15(21)19-27(25,26)12-6-4-11(5-7-12)18-16(22)17-2/h3-9H,1-2H3,(H,19,21)(H2,17,18,22). The summed E-state index contributed by atoms with van der Waals surface area (Å²) < 4.78 is 26.6. The number of urea groups is 1. The minimum absolute atomic E-state index is 0.242. The summed E-state index contributed by atoms with van der Waals surface area (Å²) in [5.41, 5.74) is 0.0432. The molecule has 10 nitrogen and oxygen atoms in total. The number of aryl methyl sites for hydroxylation is 1. The highest BCUT2D eigenvalue weighted by molar-refractivity contribution is 7.90. The Morgan fingerprint density at radius 2 is 1.70 bits per heavy atom. The van der Waals surface area contributed by atoms with Crippen molar-refractivity contribution in [2.45, 2.75) is 11.8 Å². The lowest BCUT2D eigenvalue weighted by Crippen LogP contribution is -2.31. The van der Waals surface area contributed by atoms with Gasteiger partial charge in [0, 0.05) is 18.8 Å². The van der Waals surface area contributed by atoms with Crippen LogP contribution in [0.25, 0.3) is 0 Å². The quantitative estimate of drug-likeness (QED) is 0.522. The predicted molar refractivity (Wildman–Crippen MR) is 97.0 cm³/mol. The number of nitrogens with zero attached hydrogens (tertiary/aromatic N) is 1. The lowest BCUT2D eigenvalue weighted by Gasteiger charge is -2.09. The fraction of sp³-hybridized carbons (Fsp3) is 0.125. The molecule has 2 aromatic rings. The second-order valence-corrected chi connectivity index (χ2v) is 7.12. The van der Waals surface area contributed by atoms with Crippen molar-refractivity contribution in [3.8, 4) is 0 Å². The van der Waals surface area contributed by atoms with Crippen LogP contribution in [-0.2, 0) is 10.0 Å². The van der Waals surface area contributed by atoms with Gasteiger partial charge in [0.25, 0.3) is 21.6 Å². The van der Waals surface area contributed by atoms with E-state index in [2.05, 4.69) is 10.6 Å². The number of nitro benzene ring substituents is 1. The summed E-state index contributed by atoms with van der Waals surface area (Å²) in [7, 11) is -2.84. The number of amides is 3. The van der Waals surface area contributed by atoms with E-state index in [9.17, 15) is 28.1 Å². The molecule has 0 unspecified atom stereocenters. The number of rotatable bonds is 5. The van der Waals surface area contributed by atoms with Gasteiger partial charge in [-0.1, -0.05) is 6.07 Å². The largest absolute Gasteiger partial charge is 0.341 e. The average molecular weight is 392 g/mol. The predicted octanol–water partition coefficient (Wildman–Crippen LogP) is 1.77. The maximum atomic E-state index is 12.4. The Balaban J connectivity index is 2.26. The van der Waals surface area contributed by atoms with Crippen LogP contribution in [0.3, 0.4) is 0 Å². The molecule has 0 aliphatic rings. The van der Waals surface area contributed by atoms with Gasteiger partial charge >= 0.3 is 6.03 Å². The van der Waals surface area contributed by atoms with Crippen molar-refractivity contribution in [3.63, 3.8) is 0 Å². The maximum absolute atomic E-state index is 12.4. The Labute approximate surface area is 154 Å². The number of nitro groups is 1. The van der Waals surface area contributed by atoms with E-state index >= 15 is 0 Å². The third-order valence-electron chi connectivity index (χ3n) is 3.47. The van der Waals surface area contributed by atoms with E-state index in [0.29, 0.717) is 11.3 Å². The van der Waals surface area contributed by atoms with Gasteiger partial charge in [-0.15, -0.1) is 0 Å². The van der Waals surface area contributed by atoms with Crippen molar-refractivity contribution in [1.82, 2.24) is 10.0 Å². The summed E-state index contributed by atoms with van der Waals surface area (Å²) in [6, 6.07) is 8.38. The first-order valence-corrected chi connectivity index (χ1v) is 9.03. The summed E-state index contributed by atoms with van der Waals surface area (Å²) >= 11 is 0. The van der Waals surface area contributed by atoms with Gasteiger partial charge in [0.2, 0.25) is 0 Å². The second-order valence-electron chi connectivity index (χ2n) is 5.44. The summed E-state index contributed by atoms with van der Waals surface area (Å²) in [4.78, 5) is 33.6. The molecule has 0 fully saturated rings. The normalized spacial score (nSPS) is 10.7. The topological polar surface area (TPSA) is 148 Å². The molecule has 2 aromatic carbocycles. The van der Waals surface area contributed by atoms with Gasteiger partial charge in [-0.25, -0.2) is 17.9 Å². The second kappa shape index (κ2) is 7.83. The van der Waals surface area contributed by atoms with E-state index in [1.165, 1.54) is 43.4 Å². The van der Waals surface area contributed by atoms with Gasteiger partial charge in [0.1, 0.15) is 5.56 Å². The van der Waals surface area contributed by atoms with Crippen LogP contribution in [0, 0.1) is 17.0 Å². The molecule has 0 spiro atoms.